The third kappa shape index (κ3) is 4.22. The zero-order valence-electron chi connectivity index (χ0n) is 17.2. The van der Waals surface area contributed by atoms with Crippen LogP contribution in [-0.4, -0.2) is 47.1 Å². The zero-order valence-corrected chi connectivity index (χ0v) is 17.2. The molecule has 0 bridgehead atoms. The van der Waals surface area contributed by atoms with Crippen LogP contribution < -0.4 is 15.0 Å². The summed E-state index contributed by atoms with van der Waals surface area (Å²) in [5, 5.41) is 2.81. The van der Waals surface area contributed by atoms with Gasteiger partial charge in [-0.1, -0.05) is 6.08 Å². The molecule has 158 valence electrons. The highest BCUT2D eigenvalue weighted by atomic mass is 19.1. The van der Waals surface area contributed by atoms with Gasteiger partial charge in [-0.15, -0.1) is 6.58 Å². The lowest BCUT2D eigenvalue weighted by atomic mass is 10.1. The average Bonchev–Trinajstić information content (AvgIpc) is 3.29. The molecule has 1 aromatic heterocycles. The summed E-state index contributed by atoms with van der Waals surface area (Å²) in [5.74, 6) is 1.31. The Morgan fingerprint density at radius 3 is 2.83 bits per heavy atom. The van der Waals surface area contributed by atoms with Crippen LogP contribution in [0, 0.1) is 12.7 Å². The summed E-state index contributed by atoms with van der Waals surface area (Å²) < 4.78 is 19.8. The van der Waals surface area contributed by atoms with Gasteiger partial charge in [0.15, 0.2) is 0 Å². The molecule has 2 aliphatic heterocycles. The van der Waals surface area contributed by atoms with E-state index in [4.69, 9.17) is 14.7 Å². The SMILES string of the molecule is C=CCNC(=O)N1CCc2nc(N3CCCC3)nc(Oc3ccc(F)c(C)c3)c2C1. The molecule has 7 nitrogen and oxygen atoms in total. The molecule has 1 fully saturated rings. The zero-order chi connectivity index (χ0) is 21.1. The number of rotatable bonds is 5. The maximum atomic E-state index is 13.7. The van der Waals surface area contributed by atoms with Crippen molar-refractivity contribution >= 4 is 12.0 Å². The number of anilines is 1. The number of benzene rings is 1. The standard InChI is InChI=1S/C22H26FN5O2/c1-3-9-24-22(29)28-12-8-19-17(14-28)20(26-21(25-19)27-10-4-5-11-27)30-16-6-7-18(23)15(2)13-16/h3,6-7,13H,1,4-5,8-12,14H2,2H3,(H,24,29). The van der Waals surface area contributed by atoms with Crippen LogP contribution in [0.15, 0.2) is 30.9 Å². The molecule has 1 saturated heterocycles. The van der Waals surface area contributed by atoms with Gasteiger partial charge in [0.1, 0.15) is 11.6 Å². The van der Waals surface area contributed by atoms with Crippen molar-refractivity contribution < 1.29 is 13.9 Å². The summed E-state index contributed by atoms with van der Waals surface area (Å²) in [6.45, 7) is 8.50. The second kappa shape index (κ2) is 8.69. The maximum Gasteiger partial charge on any atom is 0.317 e. The van der Waals surface area contributed by atoms with Gasteiger partial charge in [-0.3, -0.25) is 0 Å². The molecule has 2 aliphatic rings. The van der Waals surface area contributed by atoms with Crippen molar-refractivity contribution in [3.63, 3.8) is 0 Å². The van der Waals surface area contributed by atoms with E-state index >= 15 is 0 Å². The highest BCUT2D eigenvalue weighted by Crippen LogP contribution is 2.32. The molecule has 2 amide bonds. The van der Waals surface area contributed by atoms with E-state index in [1.165, 1.54) is 6.07 Å². The smallest absolute Gasteiger partial charge is 0.317 e. The van der Waals surface area contributed by atoms with Crippen LogP contribution in [-0.2, 0) is 13.0 Å². The van der Waals surface area contributed by atoms with Gasteiger partial charge in [0.25, 0.3) is 0 Å². The van der Waals surface area contributed by atoms with E-state index in [1.54, 1.807) is 30.0 Å². The molecule has 0 unspecified atom stereocenters. The van der Waals surface area contributed by atoms with E-state index in [2.05, 4.69) is 16.8 Å². The lowest BCUT2D eigenvalue weighted by Gasteiger charge is -2.30. The second-order valence-electron chi connectivity index (χ2n) is 7.61. The third-order valence-electron chi connectivity index (χ3n) is 5.43. The quantitative estimate of drug-likeness (QED) is 0.762. The van der Waals surface area contributed by atoms with Gasteiger partial charge < -0.3 is 19.9 Å². The number of nitrogens with zero attached hydrogens (tertiary/aromatic N) is 4. The highest BCUT2D eigenvalue weighted by Gasteiger charge is 2.28. The number of aryl methyl sites for hydroxylation is 1. The van der Waals surface area contributed by atoms with E-state index < -0.39 is 0 Å². The molecule has 0 saturated carbocycles. The first kappa shape index (κ1) is 20.1. The first-order valence-electron chi connectivity index (χ1n) is 10.3. The number of carbonyl (C=O) groups excluding carboxylic acids is 1. The van der Waals surface area contributed by atoms with Gasteiger partial charge in [-0.05, 0) is 43.5 Å². The van der Waals surface area contributed by atoms with Gasteiger partial charge in [0, 0.05) is 32.6 Å². The Morgan fingerprint density at radius 2 is 2.10 bits per heavy atom. The van der Waals surface area contributed by atoms with Crippen LogP contribution >= 0.6 is 0 Å². The third-order valence-corrected chi connectivity index (χ3v) is 5.43. The average molecular weight is 411 g/mol. The number of ether oxygens (including phenoxy) is 1. The monoisotopic (exact) mass is 411 g/mol. The summed E-state index contributed by atoms with van der Waals surface area (Å²) in [6, 6.07) is 4.46. The predicted octanol–water partition coefficient (Wildman–Crippen LogP) is 3.57. The van der Waals surface area contributed by atoms with Gasteiger partial charge in [-0.2, -0.15) is 4.98 Å². The summed E-state index contributed by atoms with van der Waals surface area (Å²) in [6.07, 6.45) is 4.50. The van der Waals surface area contributed by atoms with Crippen molar-refractivity contribution in [1.82, 2.24) is 20.2 Å². The van der Waals surface area contributed by atoms with E-state index in [9.17, 15) is 9.18 Å². The van der Waals surface area contributed by atoms with Crippen LogP contribution in [0.25, 0.3) is 0 Å². The largest absolute Gasteiger partial charge is 0.438 e. The Bertz CT molecular complexity index is 959. The minimum atomic E-state index is -0.283. The van der Waals surface area contributed by atoms with E-state index in [1.807, 2.05) is 0 Å². The summed E-state index contributed by atoms with van der Waals surface area (Å²) >= 11 is 0. The number of halogens is 1. The number of hydrogen-bond acceptors (Lipinski definition) is 5. The van der Waals surface area contributed by atoms with Crippen LogP contribution in [0.3, 0.4) is 0 Å². The fourth-order valence-electron chi connectivity index (χ4n) is 3.75. The number of nitrogens with one attached hydrogen (secondary N) is 1. The molecule has 0 radical (unpaired) electrons. The lowest BCUT2D eigenvalue weighted by Crippen LogP contribution is -2.43. The van der Waals surface area contributed by atoms with Crippen molar-refractivity contribution in [1.29, 1.82) is 0 Å². The Morgan fingerprint density at radius 1 is 1.30 bits per heavy atom. The fourth-order valence-corrected chi connectivity index (χ4v) is 3.75. The highest BCUT2D eigenvalue weighted by molar-refractivity contribution is 5.74. The topological polar surface area (TPSA) is 70.6 Å². The molecule has 2 aromatic rings. The molecule has 3 heterocycles. The van der Waals surface area contributed by atoms with Gasteiger partial charge in [0.2, 0.25) is 11.8 Å². The second-order valence-corrected chi connectivity index (χ2v) is 7.61. The van der Waals surface area contributed by atoms with Crippen molar-refractivity contribution in [2.75, 3.05) is 31.1 Å². The first-order chi connectivity index (χ1) is 14.5. The van der Waals surface area contributed by atoms with Crippen LogP contribution in [0.2, 0.25) is 0 Å². The predicted molar refractivity (Wildman–Crippen MR) is 112 cm³/mol. The molecule has 8 heteroatoms. The number of urea groups is 1. The molecule has 0 atom stereocenters. The van der Waals surface area contributed by atoms with Gasteiger partial charge in [-0.25, -0.2) is 14.2 Å². The first-order valence-corrected chi connectivity index (χ1v) is 10.3. The van der Waals surface area contributed by atoms with Gasteiger partial charge >= 0.3 is 6.03 Å². The van der Waals surface area contributed by atoms with E-state index in [0.717, 1.165) is 37.2 Å². The van der Waals surface area contributed by atoms with Crippen molar-refractivity contribution in [2.24, 2.45) is 0 Å². The Labute approximate surface area is 175 Å². The van der Waals surface area contributed by atoms with Gasteiger partial charge in [0.05, 0.1) is 17.8 Å². The maximum absolute atomic E-state index is 13.7. The Hall–Kier alpha value is -3.16. The molecule has 0 spiro atoms. The number of fused-ring (bicyclic) bond motifs is 1. The van der Waals surface area contributed by atoms with Crippen LogP contribution in [0.5, 0.6) is 11.6 Å². The van der Waals surface area contributed by atoms with Crippen LogP contribution in [0.4, 0.5) is 15.1 Å². The molecule has 1 aromatic carbocycles. The molecule has 30 heavy (non-hydrogen) atoms. The minimum Gasteiger partial charge on any atom is -0.438 e. The Kier molecular flexibility index (Phi) is 5.83. The van der Waals surface area contributed by atoms with Crippen LogP contribution in [0.1, 0.15) is 29.7 Å². The fraction of sp³-hybridized carbons (Fsp3) is 0.409. The van der Waals surface area contributed by atoms with Crippen molar-refractivity contribution in [3.05, 3.63) is 53.5 Å². The summed E-state index contributed by atoms with van der Waals surface area (Å²) in [5.41, 5.74) is 2.19. The van der Waals surface area contributed by atoms with Crippen molar-refractivity contribution in [3.8, 4) is 11.6 Å². The number of hydrogen-bond donors (Lipinski definition) is 1. The molecule has 1 N–H and O–H groups in total. The normalized spacial score (nSPS) is 15.7. The summed E-state index contributed by atoms with van der Waals surface area (Å²) in [4.78, 5) is 25.8. The molecule has 0 aliphatic carbocycles. The summed E-state index contributed by atoms with van der Waals surface area (Å²) in [7, 11) is 0. The molecular formula is C22H26FN5O2. The van der Waals surface area contributed by atoms with Crippen molar-refractivity contribution in [2.45, 2.75) is 32.7 Å². The minimum absolute atomic E-state index is 0.159. The number of amides is 2. The van der Waals surface area contributed by atoms with E-state index in [0.29, 0.717) is 49.2 Å². The van der Waals surface area contributed by atoms with E-state index in [-0.39, 0.29) is 11.8 Å². The number of aromatic nitrogens is 2. The lowest BCUT2D eigenvalue weighted by molar-refractivity contribution is 0.192. The Balaban J connectivity index is 1.66. The molecule has 4 rings (SSSR count). The number of carbonyl (C=O) groups is 1. The molecular weight excluding hydrogens is 385 g/mol.